The molecule has 1 atom stereocenters. The lowest BCUT2D eigenvalue weighted by Gasteiger charge is -2.20. The van der Waals surface area contributed by atoms with Crippen molar-refractivity contribution in [3.05, 3.63) is 53.2 Å². The second-order valence-electron chi connectivity index (χ2n) is 9.84. The molecule has 0 aliphatic carbocycles. The van der Waals surface area contributed by atoms with Crippen molar-refractivity contribution in [2.45, 2.75) is 46.6 Å². The number of aromatic amines is 1. The Bertz CT molecular complexity index is 1500. The van der Waals surface area contributed by atoms with Gasteiger partial charge in [-0.15, -0.1) is 0 Å². The van der Waals surface area contributed by atoms with Crippen molar-refractivity contribution >= 4 is 34.2 Å². The van der Waals surface area contributed by atoms with E-state index in [1.54, 1.807) is 18.5 Å². The minimum Gasteiger partial charge on any atom is -0.339 e. The third-order valence-corrected chi connectivity index (χ3v) is 7.17. The second-order valence-corrected chi connectivity index (χ2v) is 9.84. The number of likely N-dealkylation sites (tertiary alicyclic amines) is 1. The fourth-order valence-corrected chi connectivity index (χ4v) is 4.97. The molecule has 1 fully saturated rings. The largest absolute Gasteiger partial charge is 0.339 e. The predicted octanol–water partition coefficient (Wildman–Crippen LogP) is 3.96. The van der Waals surface area contributed by atoms with E-state index in [1.807, 2.05) is 44.6 Å². The first-order valence-corrected chi connectivity index (χ1v) is 12.5. The van der Waals surface area contributed by atoms with E-state index in [-0.39, 0.29) is 11.8 Å². The monoisotopic (exact) mass is 500 g/mol. The Morgan fingerprint density at radius 3 is 2.59 bits per heavy atom. The van der Waals surface area contributed by atoms with Crippen molar-refractivity contribution in [2.24, 2.45) is 7.05 Å². The number of hydrogen-bond donors (Lipinski definition) is 3. The third kappa shape index (κ3) is 4.97. The van der Waals surface area contributed by atoms with Crippen LogP contribution in [0.2, 0.25) is 0 Å². The van der Waals surface area contributed by atoms with Crippen LogP contribution in [-0.4, -0.2) is 60.6 Å². The van der Waals surface area contributed by atoms with Crippen molar-refractivity contribution in [3.8, 4) is 11.3 Å². The van der Waals surface area contributed by atoms with Gasteiger partial charge < -0.3 is 15.6 Å². The number of aromatic nitrogens is 5. The number of H-pyrrole nitrogens is 1. The number of carbonyl (C=O) groups is 2. The van der Waals surface area contributed by atoms with Gasteiger partial charge in [0.25, 0.3) is 5.91 Å². The molecule has 1 unspecified atom stereocenters. The zero-order chi connectivity index (χ0) is 26.3. The summed E-state index contributed by atoms with van der Waals surface area (Å²) in [6.45, 7) is 9.23. The maximum atomic E-state index is 13.1. The lowest BCUT2D eigenvalue weighted by Crippen LogP contribution is -2.35. The molecule has 0 radical (unpaired) electrons. The molecule has 4 aromatic rings. The summed E-state index contributed by atoms with van der Waals surface area (Å²) in [5.74, 6) is -0.390. The van der Waals surface area contributed by atoms with E-state index < -0.39 is 0 Å². The topological polar surface area (TPSA) is 121 Å². The Morgan fingerprint density at radius 2 is 1.89 bits per heavy atom. The molecule has 5 rings (SSSR count). The highest BCUT2D eigenvalue weighted by Crippen LogP contribution is 2.29. The van der Waals surface area contributed by atoms with Crippen LogP contribution in [0.5, 0.6) is 0 Å². The van der Waals surface area contributed by atoms with E-state index in [9.17, 15) is 9.59 Å². The number of amides is 2. The lowest BCUT2D eigenvalue weighted by molar-refractivity contribution is -0.117. The van der Waals surface area contributed by atoms with E-state index in [1.165, 1.54) is 0 Å². The van der Waals surface area contributed by atoms with Crippen molar-refractivity contribution < 1.29 is 9.59 Å². The Balaban J connectivity index is 1.32. The van der Waals surface area contributed by atoms with Crippen molar-refractivity contribution in [1.82, 2.24) is 29.6 Å². The zero-order valence-electron chi connectivity index (χ0n) is 21.8. The van der Waals surface area contributed by atoms with Gasteiger partial charge in [-0.2, -0.15) is 5.10 Å². The number of nitrogens with one attached hydrogen (secondary N) is 3. The van der Waals surface area contributed by atoms with Crippen LogP contribution < -0.4 is 10.6 Å². The molecular formula is C27H32N8O2. The van der Waals surface area contributed by atoms with Crippen LogP contribution in [0.3, 0.4) is 0 Å². The summed E-state index contributed by atoms with van der Waals surface area (Å²) in [6.07, 6.45) is 5.38. The van der Waals surface area contributed by atoms with Gasteiger partial charge in [-0.1, -0.05) is 0 Å². The maximum absolute atomic E-state index is 13.1. The first-order chi connectivity index (χ1) is 17.7. The molecule has 0 spiro atoms. The van der Waals surface area contributed by atoms with E-state index in [2.05, 4.69) is 42.5 Å². The van der Waals surface area contributed by atoms with Gasteiger partial charge in [-0.3, -0.25) is 24.2 Å². The lowest BCUT2D eigenvalue weighted by atomic mass is 10.1. The number of carbonyl (C=O) groups excluding carboxylic acids is 2. The summed E-state index contributed by atoms with van der Waals surface area (Å²) in [6, 6.07) is 5.95. The summed E-state index contributed by atoms with van der Waals surface area (Å²) < 4.78 is 1.85. The Kier molecular flexibility index (Phi) is 6.51. The van der Waals surface area contributed by atoms with Crippen molar-refractivity contribution in [1.29, 1.82) is 0 Å². The molecule has 10 heteroatoms. The van der Waals surface area contributed by atoms with E-state index in [4.69, 9.17) is 0 Å². The molecule has 5 heterocycles. The van der Waals surface area contributed by atoms with E-state index >= 15 is 0 Å². The summed E-state index contributed by atoms with van der Waals surface area (Å²) in [5, 5.41) is 11.1. The smallest absolute Gasteiger partial charge is 0.257 e. The zero-order valence-corrected chi connectivity index (χ0v) is 21.8. The Morgan fingerprint density at radius 1 is 1.08 bits per heavy atom. The number of pyridine rings is 2. The summed E-state index contributed by atoms with van der Waals surface area (Å²) >= 11 is 0. The van der Waals surface area contributed by atoms with Crippen LogP contribution in [-0.2, 0) is 11.8 Å². The molecule has 2 amide bonds. The van der Waals surface area contributed by atoms with Gasteiger partial charge >= 0.3 is 0 Å². The van der Waals surface area contributed by atoms with Crippen LogP contribution in [0, 0.1) is 20.8 Å². The third-order valence-electron chi connectivity index (χ3n) is 7.17. The van der Waals surface area contributed by atoms with Crippen LogP contribution in [0.4, 0.5) is 11.4 Å². The van der Waals surface area contributed by atoms with Crippen LogP contribution >= 0.6 is 0 Å². The van der Waals surface area contributed by atoms with Crippen LogP contribution in [0.25, 0.3) is 22.3 Å². The molecule has 37 heavy (non-hydrogen) atoms. The molecule has 0 bridgehead atoms. The van der Waals surface area contributed by atoms with Gasteiger partial charge in [-0.25, -0.2) is 4.98 Å². The normalized spacial score (nSPS) is 15.9. The second kappa shape index (κ2) is 9.78. The van der Waals surface area contributed by atoms with E-state index in [0.717, 1.165) is 47.4 Å². The number of aryl methyl sites for hydroxylation is 3. The first-order valence-electron chi connectivity index (χ1n) is 12.5. The molecule has 10 nitrogen and oxygen atoms in total. The molecule has 4 aromatic heterocycles. The minimum absolute atomic E-state index is 0.0892. The van der Waals surface area contributed by atoms with Gasteiger partial charge in [-0.05, 0) is 65.3 Å². The summed E-state index contributed by atoms with van der Waals surface area (Å²) in [7, 11) is 1.92. The highest BCUT2D eigenvalue weighted by Gasteiger charge is 2.22. The van der Waals surface area contributed by atoms with Gasteiger partial charge in [0.15, 0.2) is 0 Å². The van der Waals surface area contributed by atoms with Gasteiger partial charge in [0.2, 0.25) is 5.91 Å². The summed E-state index contributed by atoms with van der Waals surface area (Å²) in [5.41, 5.74) is 6.78. The molecule has 3 N–H and O–H groups in total. The fraction of sp³-hybridized carbons (Fsp3) is 0.370. The Hall–Kier alpha value is -4.05. The molecule has 0 saturated carbocycles. The van der Waals surface area contributed by atoms with E-state index in [0.29, 0.717) is 40.9 Å². The molecule has 1 aliphatic rings. The van der Waals surface area contributed by atoms with Crippen molar-refractivity contribution in [3.63, 3.8) is 0 Å². The minimum atomic E-state index is -0.301. The number of anilines is 2. The maximum Gasteiger partial charge on any atom is 0.257 e. The molecule has 0 aromatic carbocycles. The average molecular weight is 501 g/mol. The van der Waals surface area contributed by atoms with Gasteiger partial charge in [0.05, 0.1) is 46.8 Å². The number of fused-ring (bicyclic) bond motifs is 1. The molecule has 1 saturated heterocycles. The average Bonchev–Trinajstić information content (AvgIpc) is 3.52. The molecule has 192 valence electrons. The molecular weight excluding hydrogens is 468 g/mol. The molecule has 1 aliphatic heterocycles. The number of rotatable bonds is 6. The van der Waals surface area contributed by atoms with Crippen LogP contribution in [0.1, 0.15) is 47.2 Å². The number of hydrogen-bond acceptors (Lipinski definition) is 6. The standard InChI is InChI=1S/C27H32N8O2/c1-15-7-6-8-35(15)14-24(36)30-21-11-22(16(2)28-13-21)32-27(37)20-9-19-10-23(31-26(19)29-12-20)25-17(3)33-34(5)18(25)4/h9-13,15H,6-8,14H2,1-5H3,(H,29,31)(H,30,36)(H,32,37). The first kappa shape index (κ1) is 24.6. The van der Waals surface area contributed by atoms with Crippen LogP contribution in [0.15, 0.2) is 30.6 Å². The fourth-order valence-electron chi connectivity index (χ4n) is 4.97. The van der Waals surface area contributed by atoms with Gasteiger partial charge in [0, 0.05) is 35.9 Å². The Labute approximate surface area is 215 Å². The SMILES string of the molecule is Cc1ncc(NC(=O)CN2CCCC2C)cc1NC(=O)c1cnc2[nH]c(-c3c(C)nn(C)c3C)cc2c1. The quantitative estimate of drug-likeness (QED) is 0.369. The van der Waals surface area contributed by atoms with Gasteiger partial charge in [0.1, 0.15) is 5.65 Å². The van der Waals surface area contributed by atoms with Crippen molar-refractivity contribution in [2.75, 3.05) is 23.7 Å². The summed E-state index contributed by atoms with van der Waals surface area (Å²) in [4.78, 5) is 40.0. The predicted molar refractivity (Wildman–Crippen MR) is 144 cm³/mol. The highest BCUT2D eigenvalue weighted by atomic mass is 16.2. The number of nitrogens with zero attached hydrogens (tertiary/aromatic N) is 5. The highest BCUT2D eigenvalue weighted by molar-refractivity contribution is 6.06.